The standard InChI is InChI=1S/C12H10O8/c13-9(14)5-3-1-2-4(7(5)11(17)18)8(12(19)20)6(3)10(15)16/h3-4H,1-2H2,(H,13,14)(H,15,16)(H,17,18)(H,19,20). The lowest BCUT2D eigenvalue weighted by molar-refractivity contribution is -0.140. The van der Waals surface area contributed by atoms with Gasteiger partial charge in [-0.3, -0.25) is 0 Å². The van der Waals surface area contributed by atoms with Gasteiger partial charge in [0.05, 0.1) is 22.3 Å². The van der Waals surface area contributed by atoms with Crippen LogP contribution in [0.1, 0.15) is 12.8 Å². The normalized spacial score (nSPS) is 24.8. The van der Waals surface area contributed by atoms with Crippen LogP contribution < -0.4 is 0 Å². The molecule has 0 heterocycles. The van der Waals surface area contributed by atoms with Crippen molar-refractivity contribution in [3.8, 4) is 0 Å². The van der Waals surface area contributed by atoms with E-state index in [4.69, 9.17) is 20.4 Å². The number of rotatable bonds is 4. The van der Waals surface area contributed by atoms with Crippen molar-refractivity contribution in [3.63, 3.8) is 0 Å². The van der Waals surface area contributed by atoms with Crippen molar-refractivity contribution in [3.05, 3.63) is 22.3 Å². The maximum absolute atomic E-state index is 11.2. The van der Waals surface area contributed by atoms with Crippen molar-refractivity contribution >= 4 is 23.9 Å². The van der Waals surface area contributed by atoms with Gasteiger partial charge < -0.3 is 20.4 Å². The molecule has 4 N–H and O–H groups in total. The highest BCUT2D eigenvalue weighted by Crippen LogP contribution is 2.49. The Kier molecular flexibility index (Phi) is 3.09. The van der Waals surface area contributed by atoms with E-state index < -0.39 is 58.0 Å². The lowest BCUT2D eigenvalue weighted by Crippen LogP contribution is -2.40. The summed E-state index contributed by atoms with van der Waals surface area (Å²) in [5.41, 5.74) is -2.07. The van der Waals surface area contributed by atoms with Gasteiger partial charge in [-0.25, -0.2) is 19.2 Å². The quantitative estimate of drug-likeness (QED) is 0.561. The Morgan fingerprint density at radius 2 is 0.800 bits per heavy atom. The SMILES string of the molecule is O=C(O)C1=C(C(=O)O)C2CCC1C(C(=O)O)=C2C(=O)O. The lowest BCUT2D eigenvalue weighted by atomic mass is 9.63. The lowest BCUT2D eigenvalue weighted by Gasteiger charge is -2.37. The second-order valence-corrected chi connectivity index (χ2v) is 4.56. The number of fused-ring (bicyclic) bond motifs is 1. The maximum Gasteiger partial charge on any atom is 0.332 e. The monoisotopic (exact) mass is 282 g/mol. The first-order chi connectivity index (χ1) is 9.27. The van der Waals surface area contributed by atoms with Crippen LogP contribution in [-0.2, 0) is 19.2 Å². The summed E-state index contributed by atoms with van der Waals surface area (Å²) in [7, 11) is 0. The Morgan fingerprint density at radius 3 is 0.950 bits per heavy atom. The van der Waals surface area contributed by atoms with Crippen molar-refractivity contribution in [1.82, 2.24) is 0 Å². The van der Waals surface area contributed by atoms with E-state index in [2.05, 4.69) is 0 Å². The molecule has 0 aromatic carbocycles. The summed E-state index contributed by atoms with van der Waals surface area (Å²) in [5.74, 6) is -8.51. The van der Waals surface area contributed by atoms with Gasteiger partial charge in [-0.1, -0.05) is 0 Å². The molecule has 0 saturated heterocycles. The Hall–Kier alpha value is -2.64. The van der Waals surface area contributed by atoms with Crippen LogP contribution in [0.25, 0.3) is 0 Å². The first kappa shape index (κ1) is 13.8. The molecule has 3 aliphatic carbocycles. The van der Waals surface area contributed by atoms with Gasteiger partial charge in [0.2, 0.25) is 0 Å². The molecule has 3 aliphatic rings. The third-order valence-corrected chi connectivity index (χ3v) is 3.64. The van der Waals surface area contributed by atoms with Crippen LogP contribution in [0.15, 0.2) is 22.3 Å². The molecular formula is C12H10O8. The Labute approximate surface area is 111 Å². The molecule has 2 bridgehead atoms. The van der Waals surface area contributed by atoms with E-state index in [-0.39, 0.29) is 12.8 Å². The minimum Gasteiger partial charge on any atom is -0.478 e. The number of hydrogen-bond acceptors (Lipinski definition) is 4. The molecule has 0 unspecified atom stereocenters. The molecule has 8 nitrogen and oxygen atoms in total. The topological polar surface area (TPSA) is 149 Å². The first-order valence-electron chi connectivity index (χ1n) is 5.68. The molecule has 0 aliphatic heterocycles. The van der Waals surface area contributed by atoms with Gasteiger partial charge in [0.25, 0.3) is 0 Å². The molecule has 106 valence electrons. The van der Waals surface area contributed by atoms with Gasteiger partial charge in [0.1, 0.15) is 0 Å². The maximum atomic E-state index is 11.2. The van der Waals surface area contributed by atoms with Gasteiger partial charge >= 0.3 is 23.9 Å². The minimum atomic E-state index is -1.53. The van der Waals surface area contributed by atoms with Crippen LogP contribution in [-0.4, -0.2) is 44.3 Å². The van der Waals surface area contributed by atoms with Crippen molar-refractivity contribution in [2.75, 3.05) is 0 Å². The van der Waals surface area contributed by atoms with E-state index in [1.807, 2.05) is 0 Å². The minimum absolute atomic E-state index is 0.113. The molecule has 0 saturated carbocycles. The zero-order valence-electron chi connectivity index (χ0n) is 9.99. The molecule has 0 radical (unpaired) electrons. The summed E-state index contributed by atoms with van der Waals surface area (Å²) in [6.07, 6.45) is 0.225. The molecule has 0 atom stereocenters. The average molecular weight is 282 g/mol. The summed E-state index contributed by atoms with van der Waals surface area (Å²) in [6.45, 7) is 0. The molecule has 20 heavy (non-hydrogen) atoms. The van der Waals surface area contributed by atoms with E-state index in [9.17, 15) is 19.2 Å². The summed E-state index contributed by atoms with van der Waals surface area (Å²) in [5, 5.41) is 36.5. The molecule has 8 heteroatoms. The van der Waals surface area contributed by atoms with Gasteiger partial charge in [-0.05, 0) is 12.8 Å². The molecule has 0 spiro atoms. The third-order valence-electron chi connectivity index (χ3n) is 3.64. The van der Waals surface area contributed by atoms with Gasteiger partial charge in [0.15, 0.2) is 0 Å². The Bertz CT molecular complexity index is 507. The van der Waals surface area contributed by atoms with Crippen LogP contribution in [0, 0.1) is 11.8 Å². The summed E-state index contributed by atoms with van der Waals surface area (Å²) in [6, 6.07) is 0. The van der Waals surface area contributed by atoms with Gasteiger partial charge in [-0.2, -0.15) is 0 Å². The summed E-state index contributed by atoms with van der Waals surface area (Å²) < 4.78 is 0. The zero-order valence-corrected chi connectivity index (χ0v) is 9.99. The van der Waals surface area contributed by atoms with Crippen molar-refractivity contribution in [2.45, 2.75) is 12.8 Å². The van der Waals surface area contributed by atoms with E-state index >= 15 is 0 Å². The second-order valence-electron chi connectivity index (χ2n) is 4.56. The van der Waals surface area contributed by atoms with Crippen molar-refractivity contribution in [2.24, 2.45) is 11.8 Å². The van der Waals surface area contributed by atoms with E-state index in [0.717, 1.165) is 0 Å². The average Bonchev–Trinajstić information content (AvgIpc) is 2.36. The summed E-state index contributed by atoms with van der Waals surface area (Å²) in [4.78, 5) is 44.9. The molecule has 3 rings (SSSR count). The van der Waals surface area contributed by atoms with E-state index in [1.165, 1.54) is 0 Å². The fraction of sp³-hybridized carbons (Fsp3) is 0.333. The predicted octanol–water partition coefficient (Wildman–Crippen LogP) is -0.0422. The van der Waals surface area contributed by atoms with E-state index in [1.54, 1.807) is 0 Å². The third kappa shape index (κ3) is 1.77. The molecular weight excluding hydrogens is 272 g/mol. The number of carboxylic acid groups (broad SMARTS) is 4. The van der Waals surface area contributed by atoms with Crippen molar-refractivity contribution in [1.29, 1.82) is 0 Å². The predicted molar refractivity (Wildman–Crippen MR) is 60.8 cm³/mol. The highest BCUT2D eigenvalue weighted by Gasteiger charge is 2.50. The van der Waals surface area contributed by atoms with Crippen LogP contribution in [0.5, 0.6) is 0 Å². The zero-order chi connectivity index (χ0) is 15.2. The highest BCUT2D eigenvalue weighted by molar-refractivity contribution is 6.09. The fourth-order valence-electron chi connectivity index (χ4n) is 3.01. The second kappa shape index (κ2) is 4.48. The van der Waals surface area contributed by atoms with Gasteiger partial charge in [-0.15, -0.1) is 0 Å². The molecule has 0 fully saturated rings. The fourth-order valence-corrected chi connectivity index (χ4v) is 3.01. The smallest absolute Gasteiger partial charge is 0.332 e. The van der Waals surface area contributed by atoms with Crippen LogP contribution in [0.2, 0.25) is 0 Å². The van der Waals surface area contributed by atoms with Crippen molar-refractivity contribution < 1.29 is 39.6 Å². The van der Waals surface area contributed by atoms with Crippen LogP contribution in [0.3, 0.4) is 0 Å². The Morgan fingerprint density at radius 1 is 0.600 bits per heavy atom. The largest absolute Gasteiger partial charge is 0.478 e. The molecule has 0 amide bonds. The van der Waals surface area contributed by atoms with Crippen LogP contribution >= 0.6 is 0 Å². The number of aliphatic carboxylic acids is 4. The molecule has 0 aromatic rings. The van der Waals surface area contributed by atoms with E-state index in [0.29, 0.717) is 0 Å². The Balaban J connectivity index is 2.74. The number of hydrogen-bond donors (Lipinski definition) is 4. The molecule has 0 aromatic heterocycles. The summed E-state index contributed by atoms with van der Waals surface area (Å²) >= 11 is 0. The van der Waals surface area contributed by atoms with Crippen LogP contribution in [0.4, 0.5) is 0 Å². The number of carbonyl (C=O) groups is 4. The van der Waals surface area contributed by atoms with Gasteiger partial charge in [0, 0.05) is 11.8 Å². The first-order valence-corrected chi connectivity index (χ1v) is 5.68. The number of carboxylic acids is 4. The highest BCUT2D eigenvalue weighted by atomic mass is 16.4.